The predicted molar refractivity (Wildman–Crippen MR) is 117 cm³/mol. The number of esters is 1. The molecule has 2 aliphatic heterocycles. The summed E-state index contributed by atoms with van der Waals surface area (Å²) in [4.78, 5) is 18.5. The van der Waals surface area contributed by atoms with Crippen LogP contribution in [0.5, 0.6) is 17.2 Å². The van der Waals surface area contributed by atoms with Crippen LogP contribution in [0.4, 0.5) is 23.3 Å². The second-order valence-electron chi connectivity index (χ2n) is 7.42. The minimum absolute atomic E-state index is 0.283. The van der Waals surface area contributed by atoms with Crippen LogP contribution in [-0.2, 0) is 17.9 Å². The summed E-state index contributed by atoms with van der Waals surface area (Å²) in [6.07, 6.45) is 0.907. The maximum Gasteiger partial charge on any atom is 0.338 e. The van der Waals surface area contributed by atoms with Crippen molar-refractivity contribution in [2.24, 2.45) is 0 Å². The molecule has 3 heterocycles. The van der Waals surface area contributed by atoms with E-state index in [-0.39, 0.29) is 12.6 Å². The molecule has 5 rings (SSSR count). The highest BCUT2D eigenvalue weighted by Crippen LogP contribution is 2.43. The zero-order chi connectivity index (χ0) is 22.2. The number of ether oxygens (including phenoxy) is 4. The molecule has 2 aliphatic rings. The van der Waals surface area contributed by atoms with Crippen molar-refractivity contribution in [3.63, 3.8) is 0 Å². The minimum atomic E-state index is -0.289. The average Bonchev–Trinajstić information content (AvgIpc) is 3.40. The Balaban J connectivity index is 1.46. The number of cyclic esters (lactones) is 1. The zero-order valence-electron chi connectivity index (χ0n) is 18.0. The number of benzene rings is 2. The first-order chi connectivity index (χ1) is 15.6. The Morgan fingerprint density at radius 3 is 2.53 bits per heavy atom. The summed E-state index contributed by atoms with van der Waals surface area (Å²) >= 11 is 0. The van der Waals surface area contributed by atoms with Crippen molar-refractivity contribution in [1.82, 2.24) is 14.8 Å². The third-order valence-corrected chi connectivity index (χ3v) is 5.55. The van der Waals surface area contributed by atoms with E-state index in [9.17, 15) is 4.79 Å². The van der Waals surface area contributed by atoms with Crippen LogP contribution in [0, 0.1) is 0 Å². The first-order valence-corrected chi connectivity index (χ1v) is 10.2. The molecule has 10 nitrogen and oxygen atoms in total. The molecule has 0 saturated carbocycles. The molecule has 10 heteroatoms. The number of aryl methyl sites for hydroxylation is 1. The number of nitrogens with zero attached hydrogens (tertiary/aromatic N) is 4. The molecule has 0 fully saturated rings. The van der Waals surface area contributed by atoms with Crippen molar-refractivity contribution >= 4 is 29.2 Å². The Bertz CT molecular complexity index is 1170. The lowest BCUT2D eigenvalue weighted by molar-refractivity contribution is 0.0535. The maximum atomic E-state index is 11.7. The third kappa shape index (κ3) is 3.33. The molecule has 0 amide bonds. The number of hydrogen-bond acceptors (Lipinski definition) is 9. The van der Waals surface area contributed by atoms with Gasteiger partial charge in [0.15, 0.2) is 11.5 Å². The fraction of sp³-hybridized carbons (Fsp3) is 0.318. The maximum absolute atomic E-state index is 11.7. The van der Waals surface area contributed by atoms with E-state index in [0.29, 0.717) is 34.7 Å². The molecule has 0 radical (unpaired) electrons. The molecule has 0 saturated heterocycles. The molecule has 32 heavy (non-hydrogen) atoms. The lowest BCUT2D eigenvalue weighted by Gasteiger charge is -2.28. The summed E-state index contributed by atoms with van der Waals surface area (Å²) in [7, 11) is 4.77. The number of methoxy groups -OCH3 is 3. The summed E-state index contributed by atoms with van der Waals surface area (Å²) in [6.45, 7) is 1.82. The van der Waals surface area contributed by atoms with Crippen LogP contribution in [0.2, 0.25) is 0 Å². The summed E-state index contributed by atoms with van der Waals surface area (Å²) in [5, 5.41) is 7.85. The van der Waals surface area contributed by atoms with Gasteiger partial charge in [-0.15, -0.1) is 5.10 Å². The molecule has 166 valence electrons. The second-order valence-corrected chi connectivity index (χ2v) is 7.42. The molecule has 2 aromatic carbocycles. The van der Waals surface area contributed by atoms with Crippen LogP contribution < -0.4 is 24.4 Å². The molecule has 0 unspecified atom stereocenters. The second kappa shape index (κ2) is 7.95. The summed E-state index contributed by atoms with van der Waals surface area (Å²) < 4.78 is 23.4. The molecule has 1 aromatic heterocycles. The topological polar surface area (TPSA) is 100.0 Å². The largest absolute Gasteiger partial charge is 0.493 e. The van der Waals surface area contributed by atoms with Crippen LogP contribution in [0.3, 0.4) is 0 Å². The van der Waals surface area contributed by atoms with Gasteiger partial charge in [0.05, 0.1) is 32.6 Å². The Kier molecular flexibility index (Phi) is 4.96. The van der Waals surface area contributed by atoms with Crippen LogP contribution in [0.15, 0.2) is 30.3 Å². The van der Waals surface area contributed by atoms with E-state index in [0.717, 1.165) is 36.4 Å². The first-order valence-electron chi connectivity index (χ1n) is 10.2. The van der Waals surface area contributed by atoms with Crippen LogP contribution in [0.1, 0.15) is 22.3 Å². The highest BCUT2D eigenvalue weighted by Gasteiger charge is 2.26. The molecule has 0 atom stereocenters. The van der Waals surface area contributed by atoms with Gasteiger partial charge in [-0.05, 0) is 24.6 Å². The highest BCUT2D eigenvalue weighted by molar-refractivity contribution is 5.94. The number of nitrogens with one attached hydrogen (secondary N) is 1. The summed E-state index contributed by atoms with van der Waals surface area (Å²) in [5.41, 5.74) is 3.11. The van der Waals surface area contributed by atoms with Crippen molar-refractivity contribution < 1.29 is 23.7 Å². The number of rotatable bonds is 6. The number of hydrogen-bond donors (Lipinski definition) is 1. The smallest absolute Gasteiger partial charge is 0.338 e. The number of carbonyl (C=O) groups excluding carboxylic acids is 1. The Labute approximate surface area is 184 Å². The monoisotopic (exact) mass is 437 g/mol. The van der Waals surface area contributed by atoms with Crippen LogP contribution in [-0.4, -0.2) is 48.6 Å². The SMILES string of the molecule is COc1cc(N2CCCn3nc(Nc4ccc5c(c4)COC5=O)nc32)cc(OC)c1OC. The molecule has 0 spiro atoms. The van der Waals surface area contributed by atoms with Gasteiger partial charge < -0.3 is 29.2 Å². The van der Waals surface area contributed by atoms with Crippen LogP contribution >= 0.6 is 0 Å². The van der Waals surface area contributed by atoms with Gasteiger partial charge in [0, 0.05) is 36.5 Å². The van der Waals surface area contributed by atoms with Crippen molar-refractivity contribution in [1.29, 1.82) is 0 Å². The Morgan fingerprint density at radius 2 is 1.81 bits per heavy atom. The first kappa shape index (κ1) is 20.0. The number of anilines is 4. The Morgan fingerprint density at radius 1 is 1.03 bits per heavy atom. The van der Waals surface area contributed by atoms with Crippen molar-refractivity contribution in [2.75, 3.05) is 38.1 Å². The Hall–Kier alpha value is -3.95. The highest BCUT2D eigenvalue weighted by atomic mass is 16.5. The summed E-state index contributed by atoms with van der Waals surface area (Å²) in [6, 6.07) is 9.26. The fourth-order valence-corrected chi connectivity index (χ4v) is 4.02. The van der Waals surface area contributed by atoms with E-state index in [1.807, 2.05) is 28.9 Å². The van der Waals surface area contributed by atoms with E-state index >= 15 is 0 Å². The molecular weight excluding hydrogens is 414 g/mol. The van der Waals surface area contributed by atoms with Crippen molar-refractivity contribution in [2.45, 2.75) is 19.6 Å². The van der Waals surface area contributed by atoms with Gasteiger partial charge in [-0.1, -0.05) is 0 Å². The van der Waals surface area contributed by atoms with Gasteiger partial charge in [0.1, 0.15) is 6.61 Å². The minimum Gasteiger partial charge on any atom is -0.493 e. The average molecular weight is 437 g/mol. The predicted octanol–water partition coefficient (Wildman–Crippen LogP) is 3.26. The molecule has 0 bridgehead atoms. The standard InChI is InChI=1S/C22H23N5O5/c1-29-17-10-15(11-18(30-2)19(17)31-3)26-7-4-8-27-22(26)24-21(25-27)23-14-5-6-16-13(9-14)12-32-20(16)28/h5-6,9-11H,4,7-8,12H2,1-3H3,(H,23,25). The van der Waals surface area contributed by atoms with Gasteiger partial charge in [-0.3, -0.25) is 0 Å². The van der Waals surface area contributed by atoms with E-state index < -0.39 is 0 Å². The van der Waals surface area contributed by atoms with Gasteiger partial charge >= 0.3 is 5.97 Å². The molecule has 3 aromatic rings. The number of aromatic nitrogens is 3. The molecule has 0 aliphatic carbocycles. The van der Waals surface area contributed by atoms with Gasteiger partial charge in [-0.25, -0.2) is 9.48 Å². The van der Waals surface area contributed by atoms with Crippen molar-refractivity contribution in [3.05, 3.63) is 41.5 Å². The molecule has 1 N–H and O–H groups in total. The van der Waals surface area contributed by atoms with E-state index in [1.165, 1.54) is 0 Å². The van der Waals surface area contributed by atoms with Crippen molar-refractivity contribution in [3.8, 4) is 17.2 Å². The van der Waals surface area contributed by atoms with E-state index in [4.69, 9.17) is 23.9 Å². The van der Waals surface area contributed by atoms with Gasteiger partial charge in [-0.2, -0.15) is 4.98 Å². The quantitative estimate of drug-likeness (QED) is 0.583. The lowest BCUT2D eigenvalue weighted by Crippen LogP contribution is -2.28. The van der Waals surface area contributed by atoms with E-state index in [2.05, 4.69) is 15.3 Å². The lowest BCUT2D eigenvalue weighted by atomic mass is 10.1. The number of carbonyl (C=O) groups is 1. The molecular formula is C22H23N5O5. The number of fused-ring (bicyclic) bond motifs is 2. The van der Waals surface area contributed by atoms with E-state index in [1.54, 1.807) is 27.4 Å². The fourth-order valence-electron chi connectivity index (χ4n) is 4.02. The summed E-state index contributed by atoms with van der Waals surface area (Å²) in [5.74, 6) is 2.59. The van der Waals surface area contributed by atoms with Gasteiger partial charge in [0.2, 0.25) is 17.6 Å². The van der Waals surface area contributed by atoms with Gasteiger partial charge in [0.25, 0.3) is 0 Å². The zero-order valence-corrected chi connectivity index (χ0v) is 18.0. The normalized spacial score (nSPS) is 14.5. The third-order valence-electron chi connectivity index (χ3n) is 5.55. The van der Waals surface area contributed by atoms with Crippen LogP contribution in [0.25, 0.3) is 0 Å².